The lowest BCUT2D eigenvalue weighted by molar-refractivity contribution is 0.0507. The number of hydrogen-bond acceptors (Lipinski definition) is 4. The largest absolute Gasteiger partial charge is 0.461 e. The Hall–Kier alpha value is -1.36. The van der Waals surface area contributed by atoms with Crippen LogP contribution in [0.1, 0.15) is 59.8 Å². The lowest BCUT2D eigenvalue weighted by Gasteiger charge is -2.11. The summed E-state index contributed by atoms with van der Waals surface area (Å²) < 4.78 is 12.1. The van der Waals surface area contributed by atoms with Crippen molar-refractivity contribution in [3.05, 3.63) is 17.0 Å². The second-order valence-electron chi connectivity index (χ2n) is 5.29. The molecule has 2 aliphatic carbocycles. The zero-order valence-corrected chi connectivity index (χ0v) is 11.5. The summed E-state index contributed by atoms with van der Waals surface area (Å²) in [6.07, 6.45) is 3.55. The molecule has 0 spiro atoms. The Bertz CT molecular complexity index is 495. The molecule has 1 saturated carbocycles. The first-order chi connectivity index (χ1) is 9.26. The van der Waals surface area contributed by atoms with Crippen LogP contribution in [0.15, 0.2) is 0 Å². The molecular formula is C14H20N2O3. The van der Waals surface area contributed by atoms with Crippen LogP contribution in [0.4, 0.5) is 0 Å². The van der Waals surface area contributed by atoms with Crippen LogP contribution in [0, 0.1) is 0 Å². The molecule has 1 fully saturated rings. The maximum atomic E-state index is 12.2. The van der Waals surface area contributed by atoms with E-state index in [0.717, 1.165) is 17.7 Å². The van der Waals surface area contributed by atoms with Crippen LogP contribution in [0.3, 0.4) is 0 Å². The molecule has 0 N–H and O–H groups in total. The first kappa shape index (κ1) is 12.7. The third-order valence-corrected chi connectivity index (χ3v) is 4.22. The van der Waals surface area contributed by atoms with Crippen molar-refractivity contribution in [1.29, 1.82) is 0 Å². The highest BCUT2D eigenvalue weighted by atomic mass is 16.5. The summed E-state index contributed by atoms with van der Waals surface area (Å²) in [7, 11) is 1.66. The summed E-state index contributed by atoms with van der Waals surface area (Å²) in [5.74, 6) is 0.826. The average molecular weight is 264 g/mol. The van der Waals surface area contributed by atoms with Gasteiger partial charge in [0.2, 0.25) is 0 Å². The maximum absolute atomic E-state index is 12.2. The molecule has 2 unspecified atom stereocenters. The highest BCUT2D eigenvalue weighted by Crippen LogP contribution is 2.53. The van der Waals surface area contributed by atoms with Crippen molar-refractivity contribution in [2.75, 3.05) is 20.3 Å². The number of rotatable bonds is 5. The second kappa shape index (κ2) is 4.96. The highest BCUT2D eigenvalue weighted by Gasteiger charge is 2.43. The van der Waals surface area contributed by atoms with Crippen molar-refractivity contribution in [2.45, 2.75) is 44.6 Å². The molecule has 5 heteroatoms. The predicted octanol–water partition coefficient (Wildman–Crippen LogP) is 2.07. The van der Waals surface area contributed by atoms with Crippen molar-refractivity contribution < 1.29 is 14.3 Å². The molecule has 104 valence electrons. The van der Waals surface area contributed by atoms with Crippen LogP contribution < -0.4 is 0 Å². The van der Waals surface area contributed by atoms with E-state index in [-0.39, 0.29) is 5.97 Å². The van der Waals surface area contributed by atoms with Gasteiger partial charge in [-0.3, -0.25) is 4.68 Å². The Labute approximate surface area is 112 Å². The van der Waals surface area contributed by atoms with E-state index in [1.165, 1.54) is 12.8 Å². The van der Waals surface area contributed by atoms with Gasteiger partial charge in [0.05, 0.1) is 25.5 Å². The lowest BCUT2D eigenvalue weighted by atomic mass is 9.95. The van der Waals surface area contributed by atoms with Crippen LogP contribution in [0.2, 0.25) is 0 Å². The van der Waals surface area contributed by atoms with Gasteiger partial charge in [-0.2, -0.15) is 5.10 Å². The fourth-order valence-electron chi connectivity index (χ4n) is 3.44. The molecule has 2 aliphatic rings. The molecule has 1 aromatic rings. The Morgan fingerprint density at radius 1 is 1.42 bits per heavy atom. The zero-order chi connectivity index (χ0) is 13.4. The van der Waals surface area contributed by atoms with Gasteiger partial charge in [-0.25, -0.2) is 4.79 Å². The molecule has 0 aliphatic heterocycles. The molecule has 1 aromatic heterocycles. The number of carbonyl (C=O) groups is 1. The summed E-state index contributed by atoms with van der Waals surface area (Å²) >= 11 is 0. The lowest BCUT2D eigenvalue weighted by Crippen LogP contribution is -2.17. The Kier molecular flexibility index (Phi) is 3.31. The third-order valence-electron chi connectivity index (χ3n) is 4.22. The molecule has 3 rings (SSSR count). The van der Waals surface area contributed by atoms with E-state index in [0.29, 0.717) is 37.3 Å². The number of aromatic nitrogens is 2. The van der Waals surface area contributed by atoms with Crippen LogP contribution in [0.25, 0.3) is 0 Å². The van der Waals surface area contributed by atoms with E-state index in [4.69, 9.17) is 9.47 Å². The number of nitrogens with zero attached hydrogens (tertiary/aromatic N) is 2. The molecular weight excluding hydrogens is 244 g/mol. The smallest absolute Gasteiger partial charge is 0.356 e. The number of esters is 1. The SMILES string of the molecule is CCOC(=O)c1c2c(nn1CCOC)C1CCC2C1. The number of methoxy groups -OCH3 is 1. The van der Waals surface area contributed by atoms with Gasteiger partial charge in [0, 0.05) is 18.6 Å². The van der Waals surface area contributed by atoms with Gasteiger partial charge < -0.3 is 9.47 Å². The Morgan fingerprint density at radius 2 is 2.21 bits per heavy atom. The van der Waals surface area contributed by atoms with E-state index < -0.39 is 0 Å². The van der Waals surface area contributed by atoms with E-state index in [9.17, 15) is 4.79 Å². The molecule has 0 aromatic carbocycles. The quantitative estimate of drug-likeness (QED) is 0.764. The summed E-state index contributed by atoms with van der Waals surface area (Å²) in [5.41, 5.74) is 2.96. The molecule has 2 atom stereocenters. The summed E-state index contributed by atoms with van der Waals surface area (Å²) in [5, 5.41) is 4.65. The first-order valence-electron chi connectivity index (χ1n) is 7.02. The van der Waals surface area contributed by atoms with Gasteiger partial charge in [-0.15, -0.1) is 0 Å². The molecule has 19 heavy (non-hydrogen) atoms. The van der Waals surface area contributed by atoms with E-state index in [1.807, 2.05) is 6.92 Å². The Morgan fingerprint density at radius 3 is 2.95 bits per heavy atom. The van der Waals surface area contributed by atoms with Gasteiger partial charge in [-0.1, -0.05) is 0 Å². The van der Waals surface area contributed by atoms with E-state index in [1.54, 1.807) is 11.8 Å². The molecule has 0 saturated heterocycles. The van der Waals surface area contributed by atoms with Gasteiger partial charge in [-0.05, 0) is 32.1 Å². The molecule has 1 heterocycles. The number of carbonyl (C=O) groups excluding carboxylic acids is 1. The molecule has 2 bridgehead atoms. The van der Waals surface area contributed by atoms with Gasteiger partial charge in [0.25, 0.3) is 0 Å². The fraction of sp³-hybridized carbons (Fsp3) is 0.714. The van der Waals surface area contributed by atoms with Crippen LogP contribution >= 0.6 is 0 Å². The maximum Gasteiger partial charge on any atom is 0.356 e. The fourth-order valence-corrected chi connectivity index (χ4v) is 3.44. The minimum Gasteiger partial charge on any atom is -0.461 e. The topological polar surface area (TPSA) is 53.3 Å². The standard InChI is InChI=1S/C14H20N2O3/c1-3-19-14(17)13-11-9-4-5-10(8-9)12(11)15-16(13)6-7-18-2/h9-10H,3-8H2,1-2H3. The predicted molar refractivity (Wildman–Crippen MR) is 69.4 cm³/mol. The minimum atomic E-state index is -0.236. The normalized spacial score (nSPS) is 23.7. The van der Waals surface area contributed by atoms with E-state index in [2.05, 4.69) is 5.10 Å². The zero-order valence-electron chi connectivity index (χ0n) is 11.5. The minimum absolute atomic E-state index is 0.236. The van der Waals surface area contributed by atoms with E-state index >= 15 is 0 Å². The molecule has 0 amide bonds. The summed E-state index contributed by atoms with van der Waals surface area (Å²) in [6.45, 7) is 3.40. The third kappa shape index (κ3) is 1.96. The van der Waals surface area contributed by atoms with Crippen molar-refractivity contribution in [3.63, 3.8) is 0 Å². The molecule has 5 nitrogen and oxygen atoms in total. The molecule has 0 radical (unpaired) electrons. The average Bonchev–Trinajstić information content (AvgIpc) is 3.07. The summed E-state index contributed by atoms with van der Waals surface area (Å²) in [6, 6.07) is 0. The van der Waals surface area contributed by atoms with Crippen LogP contribution in [-0.2, 0) is 16.0 Å². The summed E-state index contributed by atoms with van der Waals surface area (Å²) in [4.78, 5) is 12.2. The van der Waals surface area contributed by atoms with Crippen molar-refractivity contribution in [3.8, 4) is 0 Å². The van der Waals surface area contributed by atoms with Crippen LogP contribution in [-0.4, -0.2) is 36.1 Å². The van der Waals surface area contributed by atoms with Crippen molar-refractivity contribution in [1.82, 2.24) is 9.78 Å². The second-order valence-corrected chi connectivity index (χ2v) is 5.29. The highest BCUT2D eigenvalue weighted by molar-refractivity contribution is 5.90. The number of hydrogen-bond donors (Lipinski definition) is 0. The van der Waals surface area contributed by atoms with Gasteiger partial charge >= 0.3 is 5.97 Å². The van der Waals surface area contributed by atoms with Gasteiger partial charge in [0.15, 0.2) is 0 Å². The number of fused-ring (bicyclic) bond motifs is 5. The number of ether oxygens (including phenoxy) is 2. The Balaban J connectivity index is 1.98. The van der Waals surface area contributed by atoms with Gasteiger partial charge in [0.1, 0.15) is 5.69 Å². The first-order valence-corrected chi connectivity index (χ1v) is 7.02. The monoisotopic (exact) mass is 264 g/mol. The van der Waals surface area contributed by atoms with Crippen molar-refractivity contribution >= 4 is 5.97 Å². The van der Waals surface area contributed by atoms with Crippen LogP contribution in [0.5, 0.6) is 0 Å². The van der Waals surface area contributed by atoms with Crippen molar-refractivity contribution in [2.24, 2.45) is 0 Å².